The highest BCUT2D eigenvalue weighted by atomic mass is 16.3. The van der Waals surface area contributed by atoms with Gasteiger partial charge in [0.25, 0.3) is 0 Å². The number of rotatable bonds is 2. The molecule has 2 aliphatic heterocycles. The van der Waals surface area contributed by atoms with Crippen molar-refractivity contribution in [2.75, 3.05) is 13.1 Å². The lowest BCUT2D eigenvalue weighted by Crippen LogP contribution is -2.54. The van der Waals surface area contributed by atoms with Crippen LogP contribution in [0.2, 0.25) is 0 Å². The van der Waals surface area contributed by atoms with E-state index >= 15 is 0 Å². The molecule has 1 saturated carbocycles. The molecule has 1 aliphatic carbocycles. The molecule has 3 fully saturated rings. The highest BCUT2D eigenvalue weighted by Crippen LogP contribution is 2.37. The number of nitroso groups, excluding NO2 is 1. The topological polar surface area (TPSA) is 53.0 Å². The van der Waals surface area contributed by atoms with Gasteiger partial charge in [0, 0.05) is 5.92 Å². The molecule has 2 saturated heterocycles. The SMILES string of the molecule is O=NN1CC2CCC(C1)N2C(=O)C1CC1. The van der Waals surface area contributed by atoms with Crippen LogP contribution in [0.3, 0.4) is 0 Å². The normalized spacial score (nSPS) is 34.4. The Hall–Kier alpha value is -1.13. The van der Waals surface area contributed by atoms with Gasteiger partial charge in [-0.15, -0.1) is 4.91 Å². The lowest BCUT2D eigenvalue weighted by atomic mass is 10.2. The third-order valence-corrected chi connectivity index (χ3v) is 3.76. The molecular weight excluding hydrogens is 194 g/mol. The van der Waals surface area contributed by atoms with Crippen molar-refractivity contribution in [3.63, 3.8) is 0 Å². The average Bonchev–Trinajstić information content (AvgIpc) is 3.04. The van der Waals surface area contributed by atoms with Crippen molar-refractivity contribution >= 4 is 5.91 Å². The van der Waals surface area contributed by atoms with Gasteiger partial charge in [-0.05, 0) is 25.7 Å². The number of piperazine rings is 1. The summed E-state index contributed by atoms with van der Waals surface area (Å²) in [5, 5.41) is 4.56. The van der Waals surface area contributed by atoms with Crippen LogP contribution in [0.1, 0.15) is 25.7 Å². The molecule has 0 aromatic heterocycles. The lowest BCUT2D eigenvalue weighted by Gasteiger charge is -2.38. The van der Waals surface area contributed by atoms with E-state index in [1.807, 2.05) is 4.90 Å². The third-order valence-electron chi connectivity index (χ3n) is 3.76. The summed E-state index contributed by atoms with van der Waals surface area (Å²) in [6.07, 6.45) is 4.19. The van der Waals surface area contributed by atoms with Crippen LogP contribution < -0.4 is 0 Å². The zero-order chi connectivity index (χ0) is 10.4. The predicted octanol–water partition coefficient (Wildman–Crippen LogP) is 0.753. The molecule has 82 valence electrons. The van der Waals surface area contributed by atoms with Crippen molar-refractivity contribution in [2.45, 2.75) is 37.8 Å². The van der Waals surface area contributed by atoms with Gasteiger partial charge in [0.2, 0.25) is 5.91 Å². The Morgan fingerprint density at radius 1 is 1.07 bits per heavy atom. The van der Waals surface area contributed by atoms with Gasteiger partial charge in [-0.1, -0.05) is 0 Å². The average molecular weight is 209 g/mol. The molecular formula is C10H15N3O2. The van der Waals surface area contributed by atoms with Crippen LogP contribution in [0.15, 0.2) is 5.29 Å². The maximum Gasteiger partial charge on any atom is 0.226 e. The first kappa shape index (κ1) is 9.12. The van der Waals surface area contributed by atoms with Gasteiger partial charge in [-0.2, -0.15) is 0 Å². The number of amides is 1. The summed E-state index contributed by atoms with van der Waals surface area (Å²) < 4.78 is 0. The monoisotopic (exact) mass is 209 g/mol. The summed E-state index contributed by atoms with van der Waals surface area (Å²) in [5.74, 6) is 0.622. The fourth-order valence-corrected chi connectivity index (χ4v) is 2.85. The molecule has 15 heavy (non-hydrogen) atoms. The first-order valence-electron chi connectivity index (χ1n) is 5.70. The predicted molar refractivity (Wildman–Crippen MR) is 53.7 cm³/mol. The minimum absolute atomic E-state index is 0.245. The Bertz CT molecular complexity index is 289. The highest BCUT2D eigenvalue weighted by Gasteiger charge is 2.46. The molecule has 2 unspecified atom stereocenters. The maximum atomic E-state index is 12.0. The van der Waals surface area contributed by atoms with E-state index in [0.29, 0.717) is 24.9 Å². The molecule has 0 spiro atoms. The van der Waals surface area contributed by atoms with Crippen molar-refractivity contribution in [3.05, 3.63) is 4.91 Å². The van der Waals surface area contributed by atoms with Gasteiger partial charge < -0.3 is 4.90 Å². The minimum Gasteiger partial charge on any atom is -0.333 e. The number of fused-ring (bicyclic) bond motifs is 2. The fourth-order valence-electron chi connectivity index (χ4n) is 2.85. The van der Waals surface area contributed by atoms with E-state index in [-0.39, 0.29) is 12.1 Å². The van der Waals surface area contributed by atoms with Crippen LogP contribution in [0.25, 0.3) is 0 Å². The smallest absolute Gasteiger partial charge is 0.226 e. The van der Waals surface area contributed by atoms with Gasteiger partial charge in [0.1, 0.15) is 0 Å². The van der Waals surface area contributed by atoms with Crippen molar-refractivity contribution < 1.29 is 4.79 Å². The van der Waals surface area contributed by atoms with E-state index < -0.39 is 0 Å². The summed E-state index contributed by atoms with van der Waals surface area (Å²) in [6, 6.07) is 0.490. The van der Waals surface area contributed by atoms with Crippen LogP contribution in [-0.4, -0.2) is 41.0 Å². The van der Waals surface area contributed by atoms with Gasteiger partial charge in [-0.25, -0.2) is 0 Å². The fraction of sp³-hybridized carbons (Fsp3) is 0.900. The first-order chi connectivity index (χ1) is 7.29. The summed E-state index contributed by atoms with van der Waals surface area (Å²) in [5.41, 5.74) is 0. The van der Waals surface area contributed by atoms with Crippen LogP contribution in [0.5, 0.6) is 0 Å². The zero-order valence-corrected chi connectivity index (χ0v) is 8.63. The van der Waals surface area contributed by atoms with E-state index in [9.17, 15) is 9.70 Å². The molecule has 2 heterocycles. The molecule has 2 bridgehead atoms. The van der Waals surface area contributed by atoms with E-state index in [4.69, 9.17) is 0 Å². The van der Waals surface area contributed by atoms with E-state index in [1.54, 1.807) is 5.01 Å². The minimum atomic E-state index is 0.245. The lowest BCUT2D eigenvalue weighted by molar-refractivity contribution is -0.138. The number of hydrogen-bond acceptors (Lipinski definition) is 3. The maximum absolute atomic E-state index is 12.0. The van der Waals surface area contributed by atoms with Crippen LogP contribution in [-0.2, 0) is 4.79 Å². The van der Waals surface area contributed by atoms with Gasteiger partial charge in [0.05, 0.1) is 30.5 Å². The zero-order valence-electron chi connectivity index (χ0n) is 8.63. The summed E-state index contributed by atoms with van der Waals surface area (Å²) in [4.78, 5) is 24.5. The number of hydrogen-bond donors (Lipinski definition) is 0. The first-order valence-corrected chi connectivity index (χ1v) is 5.70. The Balaban J connectivity index is 1.75. The molecule has 0 aromatic carbocycles. The molecule has 5 nitrogen and oxygen atoms in total. The molecule has 0 aromatic rings. The highest BCUT2D eigenvalue weighted by molar-refractivity contribution is 5.82. The third kappa shape index (κ3) is 1.41. The van der Waals surface area contributed by atoms with Gasteiger partial charge >= 0.3 is 0 Å². The van der Waals surface area contributed by atoms with Gasteiger partial charge in [-0.3, -0.25) is 9.80 Å². The van der Waals surface area contributed by atoms with Crippen molar-refractivity contribution in [1.82, 2.24) is 9.91 Å². The standard InChI is InChI=1S/C10H15N3O2/c14-10(7-1-2-7)13-8-3-4-9(13)6-12(5-8)11-15/h7-9H,1-6H2. The Kier molecular flexibility index (Phi) is 1.94. The number of carbonyl (C=O) groups excluding carboxylic acids is 1. The van der Waals surface area contributed by atoms with E-state index in [2.05, 4.69) is 5.29 Å². The summed E-state index contributed by atoms with van der Waals surface area (Å²) >= 11 is 0. The summed E-state index contributed by atoms with van der Waals surface area (Å²) in [7, 11) is 0. The van der Waals surface area contributed by atoms with Crippen LogP contribution >= 0.6 is 0 Å². The molecule has 2 atom stereocenters. The Labute approximate surface area is 88.4 Å². The molecule has 3 rings (SSSR count). The molecule has 5 heteroatoms. The van der Waals surface area contributed by atoms with Crippen molar-refractivity contribution in [3.8, 4) is 0 Å². The Morgan fingerprint density at radius 3 is 2.13 bits per heavy atom. The van der Waals surface area contributed by atoms with Crippen LogP contribution in [0, 0.1) is 10.8 Å². The summed E-state index contributed by atoms with van der Waals surface area (Å²) in [6.45, 7) is 1.27. The largest absolute Gasteiger partial charge is 0.333 e. The second-order valence-electron chi connectivity index (χ2n) is 4.86. The Morgan fingerprint density at radius 2 is 1.67 bits per heavy atom. The quantitative estimate of drug-likeness (QED) is 0.631. The number of carbonyl (C=O) groups is 1. The second-order valence-corrected chi connectivity index (χ2v) is 4.86. The van der Waals surface area contributed by atoms with Crippen LogP contribution in [0.4, 0.5) is 0 Å². The van der Waals surface area contributed by atoms with E-state index in [1.165, 1.54) is 0 Å². The number of nitrogens with zero attached hydrogens (tertiary/aromatic N) is 3. The van der Waals surface area contributed by atoms with Crippen molar-refractivity contribution in [1.29, 1.82) is 0 Å². The molecule has 3 aliphatic rings. The second kappa shape index (κ2) is 3.18. The molecule has 0 N–H and O–H groups in total. The molecule has 1 amide bonds. The van der Waals surface area contributed by atoms with Crippen molar-refractivity contribution in [2.24, 2.45) is 11.2 Å². The van der Waals surface area contributed by atoms with Gasteiger partial charge in [0.15, 0.2) is 0 Å². The molecule has 0 radical (unpaired) electrons. The van der Waals surface area contributed by atoms with E-state index in [0.717, 1.165) is 25.7 Å².